The van der Waals surface area contributed by atoms with Crippen molar-refractivity contribution >= 4 is 6.21 Å². The fourth-order valence-electron chi connectivity index (χ4n) is 0.905. The zero-order valence-electron chi connectivity index (χ0n) is 5.71. The Hall–Kier alpha value is -0.330. The van der Waals surface area contributed by atoms with Crippen molar-refractivity contribution in [2.24, 2.45) is 16.8 Å². The summed E-state index contributed by atoms with van der Waals surface area (Å²) >= 11 is 0. The predicted molar refractivity (Wildman–Crippen MR) is 38.8 cm³/mol. The lowest BCUT2D eigenvalue weighted by Crippen LogP contribution is -1.83. The first kappa shape index (κ1) is 5.45. The zero-order valence-corrected chi connectivity index (χ0v) is 5.71. The van der Waals surface area contributed by atoms with Crippen molar-refractivity contribution in [1.29, 1.82) is 0 Å². The van der Waals surface area contributed by atoms with Crippen LogP contribution in [0.3, 0.4) is 0 Å². The second-order valence-corrected chi connectivity index (χ2v) is 3.30. The van der Waals surface area contributed by atoms with Gasteiger partial charge in [-0.2, -0.15) is 0 Å². The lowest BCUT2D eigenvalue weighted by molar-refractivity contribution is 0.847. The fraction of sp³-hybridized carbons (Fsp3) is 0.875. The summed E-state index contributed by atoms with van der Waals surface area (Å²) in [6.07, 6.45) is 7.82. The molecular formula is C8H13N. The monoisotopic (exact) mass is 123 g/mol. The maximum Gasteiger partial charge on any atom is 0.0413 e. The summed E-state index contributed by atoms with van der Waals surface area (Å²) in [7, 11) is 0. The molecule has 9 heavy (non-hydrogen) atoms. The first-order valence-electron chi connectivity index (χ1n) is 3.95. The highest BCUT2D eigenvalue weighted by molar-refractivity contribution is 5.63. The van der Waals surface area contributed by atoms with Crippen LogP contribution in [0.5, 0.6) is 0 Å². The van der Waals surface area contributed by atoms with Gasteiger partial charge in [0, 0.05) is 12.8 Å². The molecule has 0 aliphatic heterocycles. The summed E-state index contributed by atoms with van der Waals surface area (Å²) in [6, 6.07) is 0. The lowest BCUT2D eigenvalue weighted by Gasteiger charge is -1.84. The quantitative estimate of drug-likeness (QED) is 0.508. The third-order valence-corrected chi connectivity index (χ3v) is 2.00. The molecular weight excluding hydrogens is 110 g/mol. The van der Waals surface area contributed by atoms with Crippen LogP contribution in [-0.2, 0) is 0 Å². The summed E-state index contributed by atoms with van der Waals surface area (Å²) in [5.74, 6) is 1.85. The average molecular weight is 123 g/mol. The van der Waals surface area contributed by atoms with E-state index < -0.39 is 0 Å². The lowest BCUT2D eigenvalue weighted by atomic mass is 10.4. The van der Waals surface area contributed by atoms with E-state index in [2.05, 4.69) is 11.2 Å². The van der Waals surface area contributed by atoms with Gasteiger partial charge in [0.05, 0.1) is 0 Å². The minimum absolute atomic E-state index is 0.878. The van der Waals surface area contributed by atoms with E-state index in [1.807, 2.05) is 0 Å². The molecule has 2 saturated carbocycles. The van der Waals surface area contributed by atoms with Crippen molar-refractivity contribution in [2.45, 2.75) is 25.7 Å². The molecule has 1 nitrogen and oxygen atoms in total. The first-order valence-corrected chi connectivity index (χ1v) is 3.95. The topological polar surface area (TPSA) is 12.4 Å². The van der Waals surface area contributed by atoms with Crippen molar-refractivity contribution < 1.29 is 0 Å². The molecule has 2 aliphatic carbocycles. The highest BCUT2D eigenvalue weighted by atomic mass is 14.7. The van der Waals surface area contributed by atoms with Crippen molar-refractivity contribution in [3.8, 4) is 0 Å². The molecule has 0 heterocycles. The zero-order chi connectivity index (χ0) is 6.10. The molecule has 0 amide bonds. The van der Waals surface area contributed by atoms with Crippen molar-refractivity contribution in [3.05, 3.63) is 0 Å². The Morgan fingerprint density at radius 1 is 1.22 bits per heavy atom. The van der Waals surface area contributed by atoms with E-state index in [0.717, 1.165) is 18.4 Å². The van der Waals surface area contributed by atoms with Gasteiger partial charge in [0.25, 0.3) is 0 Å². The maximum absolute atomic E-state index is 4.37. The summed E-state index contributed by atoms with van der Waals surface area (Å²) in [5, 5.41) is 0. The molecule has 0 radical (unpaired) electrons. The minimum Gasteiger partial charge on any atom is -0.297 e. The summed E-state index contributed by atoms with van der Waals surface area (Å²) in [5.41, 5.74) is 0. The van der Waals surface area contributed by atoms with Gasteiger partial charge in [0.15, 0.2) is 0 Å². The number of hydrogen-bond acceptors (Lipinski definition) is 1. The van der Waals surface area contributed by atoms with E-state index >= 15 is 0 Å². The number of hydrogen-bond donors (Lipinski definition) is 0. The van der Waals surface area contributed by atoms with Gasteiger partial charge in [-0.1, -0.05) is 0 Å². The largest absolute Gasteiger partial charge is 0.297 e. The normalized spacial score (nSPS) is 27.6. The molecule has 0 aromatic rings. The van der Waals surface area contributed by atoms with E-state index in [-0.39, 0.29) is 0 Å². The van der Waals surface area contributed by atoms with Gasteiger partial charge in [-0.05, 0) is 37.5 Å². The highest BCUT2D eigenvalue weighted by Crippen LogP contribution is 2.30. The van der Waals surface area contributed by atoms with Crippen LogP contribution in [0.25, 0.3) is 0 Å². The van der Waals surface area contributed by atoms with Crippen LogP contribution in [0, 0.1) is 11.8 Å². The molecule has 0 saturated heterocycles. The SMILES string of the molecule is C(=NCC1CC1)C1CC1. The molecule has 0 bridgehead atoms. The average Bonchev–Trinajstić information content (AvgIpc) is 2.57. The van der Waals surface area contributed by atoms with Crippen LogP contribution >= 0.6 is 0 Å². The molecule has 2 aliphatic rings. The molecule has 0 N–H and O–H groups in total. The first-order chi connectivity index (χ1) is 4.45. The Kier molecular flexibility index (Phi) is 1.29. The fourth-order valence-corrected chi connectivity index (χ4v) is 0.905. The molecule has 0 aromatic heterocycles. The number of aliphatic imine (C=N–C) groups is 1. The Balaban J connectivity index is 1.62. The number of nitrogens with zero attached hydrogens (tertiary/aromatic N) is 1. The predicted octanol–water partition coefficient (Wildman–Crippen LogP) is 1.88. The van der Waals surface area contributed by atoms with Crippen LogP contribution in [-0.4, -0.2) is 12.8 Å². The highest BCUT2D eigenvalue weighted by Gasteiger charge is 2.21. The summed E-state index contributed by atoms with van der Waals surface area (Å²) in [6.45, 7) is 1.12. The van der Waals surface area contributed by atoms with E-state index in [1.165, 1.54) is 25.7 Å². The molecule has 0 unspecified atom stereocenters. The Bertz CT molecular complexity index is 121. The van der Waals surface area contributed by atoms with Crippen molar-refractivity contribution in [2.75, 3.05) is 6.54 Å². The van der Waals surface area contributed by atoms with E-state index in [9.17, 15) is 0 Å². The van der Waals surface area contributed by atoms with Crippen LogP contribution in [0.4, 0.5) is 0 Å². The van der Waals surface area contributed by atoms with Crippen LogP contribution in [0.15, 0.2) is 4.99 Å². The van der Waals surface area contributed by atoms with E-state index in [4.69, 9.17) is 0 Å². The molecule has 1 heteroatoms. The molecule has 50 valence electrons. The second kappa shape index (κ2) is 2.13. The summed E-state index contributed by atoms with van der Waals surface area (Å²) < 4.78 is 0. The molecule has 0 aromatic carbocycles. The Morgan fingerprint density at radius 3 is 2.56 bits per heavy atom. The third kappa shape index (κ3) is 1.81. The Morgan fingerprint density at radius 2 is 2.00 bits per heavy atom. The molecule has 2 fully saturated rings. The van der Waals surface area contributed by atoms with Crippen molar-refractivity contribution in [1.82, 2.24) is 0 Å². The van der Waals surface area contributed by atoms with Gasteiger partial charge in [-0.3, -0.25) is 4.99 Å². The second-order valence-electron chi connectivity index (χ2n) is 3.30. The van der Waals surface area contributed by atoms with Crippen molar-refractivity contribution in [3.63, 3.8) is 0 Å². The number of rotatable bonds is 3. The maximum atomic E-state index is 4.37. The van der Waals surface area contributed by atoms with Gasteiger partial charge in [-0.25, -0.2) is 0 Å². The van der Waals surface area contributed by atoms with Crippen LogP contribution in [0.2, 0.25) is 0 Å². The Labute approximate surface area is 56.2 Å². The van der Waals surface area contributed by atoms with Crippen LogP contribution in [0.1, 0.15) is 25.7 Å². The van der Waals surface area contributed by atoms with Gasteiger partial charge in [0.2, 0.25) is 0 Å². The standard InChI is InChI=1S/C8H13N/c1-2-7(1)5-9-6-8-3-4-8/h5,7-8H,1-4,6H2. The van der Waals surface area contributed by atoms with E-state index in [1.54, 1.807) is 0 Å². The molecule has 2 rings (SSSR count). The van der Waals surface area contributed by atoms with Gasteiger partial charge >= 0.3 is 0 Å². The van der Waals surface area contributed by atoms with Crippen LogP contribution < -0.4 is 0 Å². The molecule has 0 spiro atoms. The summed E-state index contributed by atoms with van der Waals surface area (Å²) in [4.78, 5) is 4.37. The molecule has 0 atom stereocenters. The van der Waals surface area contributed by atoms with Gasteiger partial charge in [-0.15, -0.1) is 0 Å². The van der Waals surface area contributed by atoms with E-state index in [0.29, 0.717) is 0 Å². The van der Waals surface area contributed by atoms with Gasteiger partial charge in [0.1, 0.15) is 0 Å². The smallest absolute Gasteiger partial charge is 0.0413 e. The minimum atomic E-state index is 0.878. The third-order valence-electron chi connectivity index (χ3n) is 2.00. The van der Waals surface area contributed by atoms with Gasteiger partial charge < -0.3 is 0 Å².